The van der Waals surface area contributed by atoms with Gasteiger partial charge in [-0.3, -0.25) is 9.36 Å². The molecule has 0 saturated carbocycles. The van der Waals surface area contributed by atoms with Gasteiger partial charge in [-0.2, -0.15) is 0 Å². The lowest BCUT2D eigenvalue weighted by Gasteiger charge is -2.12. The highest BCUT2D eigenvalue weighted by Gasteiger charge is 2.19. The van der Waals surface area contributed by atoms with Crippen LogP contribution in [0, 0.1) is 0 Å². The molecule has 3 aromatic rings. The van der Waals surface area contributed by atoms with Gasteiger partial charge in [0.1, 0.15) is 12.4 Å². The predicted molar refractivity (Wildman–Crippen MR) is 120 cm³/mol. The summed E-state index contributed by atoms with van der Waals surface area (Å²) in [5.41, 5.74) is 0.896. The molecule has 0 unspecified atom stereocenters. The van der Waals surface area contributed by atoms with E-state index in [1.165, 1.54) is 11.8 Å². The molecule has 0 spiro atoms. The number of benzene rings is 2. The van der Waals surface area contributed by atoms with Crippen molar-refractivity contribution < 1.29 is 14.3 Å². The topological polar surface area (TPSA) is 78.3 Å². The van der Waals surface area contributed by atoms with Crippen LogP contribution >= 0.6 is 23.4 Å². The van der Waals surface area contributed by atoms with Crippen molar-refractivity contribution in [3.05, 3.63) is 65.4 Å². The Balaban J connectivity index is 1.44. The number of ether oxygens (including phenoxy) is 2. The van der Waals surface area contributed by atoms with Gasteiger partial charge in [0.15, 0.2) is 11.0 Å². The summed E-state index contributed by atoms with van der Waals surface area (Å²) in [4.78, 5) is 12.3. The fraction of sp³-hybridized carbons (Fsp3) is 0.318. The average molecular weight is 459 g/mol. The third kappa shape index (κ3) is 5.78. The lowest BCUT2D eigenvalue weighted by Crippen LogP contribution is -2.32. The van der Waals surface area contributed by atoms with Gasteiger partial charge >= 0.3 is 0 Å². The maximum atomic E-state index is 12.3. The summed E-state index contributed by atoms with van der Waals surface area (Å²) in [7, 11) is 0. The second-order valence-electron chi connectivity index (χ2n) is 7.02. The van der Waals surface area contributed by atoms with Gasteiger partial charge in [-0.05, 0) is 37.1 Å². The van der Waals surface area contributed by atoms with E-state index in [1.54, 1.807) is 12.1 Å². The molecule has 1 aliphatic heterocycles. The zero-order valence-electron chi connectivity index (χ0n) is 16.9. The van der Waals surface area contributed by atoms with Gasteiger partial charge in [0.05, 0.1) is 16.9 Å². The fourth-order valence-corrected chi connectivity index (χ4v) is 4.23. The van der Waals surface area contributed by atoms with Crippen LogP contribution in [0.5, 0.6) is 5.75 Å². The van der Waals surface area contributed by atoms with E-state index in [4.69, 9.17) is 21.1 Å². The molecule has 1 saturated heterocycles. The summed E-state index contributed by atoms with van der Waals surface area (Å²) in [6, 6.07) is 17.0. The Kier molecular flexibility index (Phi) is 7.45. The second kappa shape index (κ2) is 10.7. The largest absolute Gasteiger partial charge is 0.484 e. The van der Waals surface area contributed by atoms with E-state index < -0.39 is 0 Å². The minimum Gasteiger partial charge on any atom is -0.484 e. The van der Waals surface area contributed by atoms with Crippen LogP contribution in [-0.2, 0) is 16.1 Å². The molecule has 0 aliphatic carbocycles. The van der Waals surface area contributed by atoms with Crippen LogP contribution in [0.2, 0.25) is 5.02 Å². The van der Waals surface area contributed by atoms with E-state index in [1.807, 2.05) is 47.0 Å². The van der Waals surface area contributed by atoms with Crippen LogP contribution in [0.25, 0.3) is 5.69 Å². The number of nitrogens with zero attached hydrogens (tertiary/aromatic N) is 3. The molecule has 2 heterocycles. The van der Waals surface area contributed by atoms with Crippen molar-refractivity contribution in [2.24, 2.45) is 0 Å². The monoisotopic (exact) mass is 458 g/mol. The summed E-state index contributed by atoms with van der Waals surface area (Å²) in [5, 5.41) is 12.7. The Labute approximate surface area is 190 Å². The first kappa shape index (κ1) is 21.7. The van der Waals surface area contributed by atoms with E-state index in [2.05, 4.69) is 15.5 Å². The molecule has 7 nitrogen and oxygen atoms in total. The van der Waals surface area contributed by atoms with Gasteiger partial charge in [0.25, 0.3) is 0 Å². The first-order chi connectivity index (χ1) is 15.2. The van der Waals surface area contributed by atoms with Crippen molar-refractivity contribution in [1.82, 2.24) is 20.1 Å². The maximum Gasteiger partial charge on any atom is 0.230 e. The number of carbonyl (C=O) groups excluding carboxylic acids is 1. The van der Waals surface area contributed by atoms with E-state index in [0.717, 1.165) is 25.1 Å². The number of halogens is 1. The van der Waals surface area contributed by atoms with Crippen molar-refractivity contribution in [3.63, 3.8) is 0 Å². The number of nitrogens with one attached hydrogen (secondary N) is 1. The first-order valence-electron chi connectivity index (χ1n) is 10.1. The van der Waals surface area contributed by atoms with Crippen LogP contribution < -0.4 is 10.1 Å². The fourth-order valence-electron chi connectivity index (χ4n) is 3.24. The number of aromatic nitrogens is 3. The molecule has 0 radical (unpaired) electrons. The molecule has 1 atom stereocenters. The van der Waals surface area contributed by atoms with Crippen LogP contribution in [0.1, 0.15) is 18.7 Å². The molecule has 31 heavy (non-hydrogen) atoms. The summed E-state index contributed by atoms with van der Waals surface area (Å²) >= 11 is 7.52. The molecular weight excluding hydrogens is 436 g/mol. The predicted octanol–water partition coefficient (Wildman–Crippen LogP) is 3.89. The number of rotatable bonds is 9. The highest BCUT2D eigenvalue weighted by atomic mass is 35.5. The van der Waals surface area contributed by atoms with Gasteiger partial charge in [-0.15, -0.1) is 10.2 Å². The molecule has 9 heteroatoms. The molecule has 162 valence electrons. The lowest BCUT2D eigenvalue weighted by atomic mass is 10.2. The average Bonchev–Trinajstić information content (AvgIpc) is 3.46. The molecule has 4 rings (SSSR count). The maximum absolute atomic E-state index is 12.3. The molecule has 1 aromatic heterocycles. The van der Waals surface area contributed by atoms with Crippen molar-refractivity contribution in [2.75, 3.05) is 18.9 Å². The zero-order valence-corrected chi connectivity index (χ0v) is 18.4. The van der Waals surface area contributed by atoms with Gasteiger partial charge in [0.2, 0.25) is 5.91 Å². The number of thioether (sulfide) groups is 1. The van der Waals surface area contributed by atoms with Crippen LogP contribution in [0.4, 0.5) is 0 Å². The SMILES string of the molecule is O=C(CSc1nnc(COc2ccccc2Cl)n1-c1ccccc1)NC[C@@H]1CCCO1. The Morgan fingerprint density at radius 3 is 2.77 bits per heavy atom. The van der Waals surface area contributed by atoms with Crippen molar-refractivity contribution in [3.8, 4) is 11.4 Å². The Morgan fingerprint density at radius 1 is 1.19 bits per heavy atom. The quantitative estimate of drug-likeness (QED) is 0.490. The summed E-state index contributed by atoms with van der Waals surface area (Å²) in [5.74, 6) is 1.38. The standard InChI is InChI=1S/C22H23ClN4O3S/c23-18-10-4-5-11-19(18)30-14-20-25-26-22(27(20)16-7-2-1-3-8-16)31-15-21(28)24-13-17-9-6-12-29-17/h1-5,7-8,10-11,17H,6,9,12-15H2,(H,24,28)/t17-/m0/s1. The van der Waals surface area contributed by atoms with Gasteiger partial charge in [0, 0.05) is 18.8 Å². The number of amides is 1. The third-order valence-corrected chi connectivity index (χ3v) is 6.03. The minimum absolute atomic E-state index is 0.0584. The van der Waals surface area contributed by atoms with E-state index in [-0.39, 0.29) is 24.4 Å². The highest BCUT2D eigenvalue weighted by molar-refractivity contribution is 7.99. The lowest BCUT2D eigenvalue weighted by molar-refractivity contribution is -0.119. The Morgan fingerprint density at radius 2 is 2.00 bits per heavy atom. The van der Waals surface area contributed by atoms with Gasteiger partial charge < -0.3 is 14.8 Å². The molecule has 1 amide bonds. The number of para-hydroxylation sites is 2. The highest BCUT2D eigenvalue weighted by Crippen LogP contribution is 2.26. The summed E-state index contributed by atoms with van der Waals surface area (Å²) in [6.45, 7) is 1.51. The third-order valence-electron chi connectivity index (χ3n) is 4.79. The van der Waals surface area contributed by atoms with Crippen LogP contribution in [-0.4, -0.2) is 45.7 Å². The normalized spacial score (nSPS) is 15.7. The van der Waals surface area contributed by atoms with E-state index in [0.29, 0.717) is 28.3 Å². The molecule has 2 aromatic carbocycles. The van der Waals surface area contributed by atoms with Crippen LogP contribution in [0.3, 0.4) is 0 Å². The number of carbonyl (C=O) groups is 1. The molecule has 1 aliphatic rings. The zero-order chi connectivity index (χ0) is 21.5. The van der Waals surface area contributed by atoms with E-state index in [9.17, 15) is 4.79 Å². The van der Waals surface area contributed by atoms with Crippen molar-refractivity contribution >= 4 is 29.3 Å². The second-order valence-corrected chi connectivity index (χ2v) is 8.37. The summed E-state index contributed by atoms with van der Waals surface area (Å²) in [6.07, 6.45) is 2.16. The van der Waals surface area contributed by atoms with Gasteiger partial charge in [-0.25, -0.2) is 0 Å². The summed E-state index contributed by atoms with van der Waals surface area (Å²) < 4.78 is 13.3. The molecular formula is C22H23ClN4O3S. The van der Waals surface area contributed by atoms with Gasteiger partial charge in [-0.1, -0.05) is 53.7 Å². The number of hydrogen-bond acceptors (Lipinski definition) is 6. The first-order valence-corrected chi connectivity index (χ1v) is 11.4. The van der Waals surface area contributed by atoms with Crippen molar-refractivity contribution in [2.45, 2.75) is 30.7 Å². The molecule has 1 fully saturated rings. The Hall–Kier alpha value is -2.55. The van der Waals surface area contributed by atoms with Crippen molar-refractivity contribution in [1.29, 1.82) is 0 Å². The molecule has 0 bridgehead atoms. The number of hydrogen-bond donors (Lipinski definition) is 1. The smallest absolute Gasteiger partial charge is 0.230 e. The minimum atomic E-state index is -0.0584. The molecule has 1 N–H and O–H groups in total. The van der Waals surface area contributed by atoms with E-state index >= 15 is 0 Å². The Bertz CT molecular complexity index is 1010. The van der Waals surface area contributed by atoms with Crippen LogP contribution in [0.15, 0.2) is 59.8 Å².